The fourth-order valence-corrected chi connectivity index (χ4v) is 3.27. The van der Waals surface area contributed by atoms with Crippen molar-refractivity contribution in [3.63, 3.8) is 0 Å². The molecule has 2 fully saturated rings. The van der Waals surface area contributed by atoms with Crippen LogP contribution in [-0.2, 0) is 0 Å². The predicted molar refractivity (Wildman–Crippen MR) is 65.9 cm³/mol. The van der Waals surface area contributed by atoms with Crippen LogP contribution in [0.25, 0.3) is 0 Å². The molecule has 2 atom stereocenters. The van der Waals surface area contributed by atoms with E-state index in [-0.39, 0.29) is 0 Å². The van der Waals surface area contributed by atoms with Crippen molar-refractivity contribution < 1.29 is 0 Å². The number of hydrogen-bond acceptors (Lipinski definition) is 1. The lowest BCUT2D eigenvalue weighted by molar-refractivity contribution is 0.0471. The topological polar surface area (TPSA) is 3.24 Å². The van der Waals surface area contributed by atoms with Crippen molar-refractivity contribution in [2.45, 2.75) is 58.9 Å². The molecular weight excluding hydrogens is 182 g/mol. The summed E-state index contributed by atoms with van der Waals surface area (Å²) in [5.74, 6) is 2.82. The molecule has 0 aromatic carbocycles. The molecule has 0 bridgehead atoms. The van der Waals surface area contributed by atoms with Gasteiger partial charge >= 0.3 is 0 Å². The van der Waals surface area contributed by atoms with Crippen LogP contribution in [0.1, 0.15) is 52.9 Å². The van der Waals surface area contributed by atoms with Crippen molar-refractivity contribution in [2.24, 2.45) is 17.8 Å². The summed E-state index contributed by atoms with van der Waals surface area (Å²) in [5, 5.41) is 0. The average molecular weight is 209 g/mol. The lowest BCUT2D eigenvalue weighted by Crippen LogP contribution is -2.48. The zero-order valence-electron chi connectivity index (χ0n) is 10.7. The van der Waals surface area contributed by atoms with E-state index in [1.807, 2.05) is 0 Å². The summed E-state index contributed by atoms with van der Waals surface area (Å²) in [7, 11) is 0. The normalized spacial score (nSPS) is 34.4. The predicted octanol–water partition coefficient (Wildman–Crippen LogP) is 3.54. The second-order valence-electron chi connectivity index (χ2n) is 6.24. The molecule has 0 N–H and O–H groups in total. The molecular formula is C14H27N. The Morgan fingerprint density at radius 3 is 2.40 bits per heavy atom. The van der Waals surface area contributed by atoms with Crippen LogP contribution >= 0.6 is 0 Å². The molecule has 15 heavy (non-hydrogen) atoms. The third-order valence-corrected chi connectivity index (χ3v) is 4.48. The Bertz CT molecular complexity index is 196. The van der Waals surface area contributed by atoms with Gasteiger partial charge in [0.2, 0.25) is 0 Å². The maximum Gasteiger partial charge on any atom is 0.00953 e. The standard InChI is InChI=1S/C14H27N/c1-11(2)9-13-7-8-15(10-12(13)3)14-5-4-6-14/h11-14H,4-10H2,1-3H3/t12-,13-/m1/s1. The smallest absolute Gasteiger partial charge is 0.00953 e. The third kappa shape index (κ3) is 2.75. The number of likely N-dealkylation sites (tertiary alicyclic amines) is 1. The maximum absolute atomic E-state index is 2.77. The molecule has 2 rings (SSSR count). The lowest BCUT2D eigenvalue weighted by atomic mass is 9.79. The van der Waals surface area contributed by atoms with Crippen molar-refractivity contribution in [3.8, 4) is 0 Å². The quantitative estimate of drug-likeness (QED) is 0.687. The minimum atomic E-state index is 0.882. The molecule has 0 aromatic heterocycles. The summed E-state index contributed by atoms with van der Waals surface area (Å²) < 4.78 is 0. The molecule has 0 aromatic rings. The molecule has 0 spiro atoms. The first-order valence-electron chi connectivity index (χ1n) is 6.91. The molecule has 0 amide bonds. The van der Waals surface area contributed by atoms with Gasteiger partial charge in [-0.1, -0.05) is 27.2 Å². The zero-order chi connectivity index (χ0) is 10.8. The molecule has 1 aliphatic heterocycles. The fraction of sp³-hybridized carbons (Fsp3) is 1.00. The van der Waals surface area contributed by atoms with Crippen LogP contribution in [0.5, 0.6) is 0 Å². The van der Waals surface area contributed by atoms with Gasteiger partial charge in [0.15, 0.2) is 0 Å². The number of piperidine rings is 1. The SMILES string of the molecule is CC(C)C[C@H]1CCN(C2CCC2)C[C@H]1C. The Balaban J connectivity index is 1.79. The van der Waals surface area contributed by atoms with Crippen LogP contribution in [0, 0.1) is 17.8 Å². The molecule has 2 aliphatic rings. The Hall–Kier alpha value is -0.0400. The molecule has 1 nitrogen and oxygen atoms in total. The summed E-state index contributed by atoms with van der Waals surface area (Å²) in [4.78, 5) is 2.77. The van der Waals surface area contributed by atoms with Crippen LogP contribution in [-0.4, -0.2) is 24.0 Å². The molecule has 88 valence electrons. The highest BCUT2D eigenvalue weighted by molar-refractivity contribution is 4.86. The van der Waals surface area contributed by atoms with E-state index in [9.17, 15) is 0 Å². The van der Waals surface area contributed by atoms with Gasteiger partial charge in [0.1, 0.15) is 0 Å². The Morgan fingerprint density at radius 2 is 1.93 bits per heavy atom. The summed E-state index contributed by atoms with van der Waals surface area (Å²) in [6, 6.07) is 0.965. The van der Waals surface area contributed by atoms with Gasteiger partial charge in [-0.05, 0) is 50.0 Å². The van der Waals surface area contributed by atoms with Gasteiger partial charge < -0.3 is 4.90 Å². The van der Waals surface area contributed by atoms with Crippen molar-refractivity contribution in [2.75, 3.05) is 13.1 Å². The lowest BCUT2D eigenvalue weighted by Gasteiger charge is -2.45. The van der Waals surface area contributed by atoms with Crippen LogP contribution in [0.4, 0.5) is 0 Å². The highest BCUT2D eigenvalue weighted by Crippen LogP contribution is 2.33. The van der Waals surface area contributed by atoms with Crippen LogP contribution in [0.15, 0.2) is 0 Å². The van der Waals surface area contributed by atoms with Gasteiger partial charge in [-0.3, -0.25) is 0 Å². The number of hydrogen-bond donors (Lipinski definition) is 0. The first-order chi connectivity index (χ1) is 7.16. The van der Waals surface area contributed by atoms with Crippen molar-refractivity contribution in [3.05, 3.63) is 0 Å². The highest BCUT2D eigenvalue weighted by atomic mass is 15.2. The first kappa shape index (κ1) is 11.4. The van der Waals surface area contributed by atoms with Crippen molar-refractivity contribution in [1.29, 1.82) is 0 Å². The van der Waals surface area contributed by atoms with E-state index in [0.717, 1.165) is 23.8 Å². The summed E-state index contributed by atoms with van der Waals surface area (Å²) >= 11 is 0. The summed E-state index contributed by atoms with van der Waals surface area (Å²) in [6.07, 6.45) is 7.32. The summed E-state index contributed by atoms with van der Waals surface area (Å²) in [6.45, 7) is 9.96. The van der Waals surface area contributed by atoms with Crippen LogP contribution in [0.3, 0.4) is 0 Å². The maximum atomic E-state index is 2.77. The Morgan fingerprint density at radius 1 is 1.20 bits per heavy atom. The van der Waals surface area contributed by atoms with Crippen molar-refractivity contribution >= 4 is 0 Å². The molecule has 0 unspecified atom stereocenters. The minimum absolute atomic E-state index is 0.882. The average Bonchev–Trinajstić information content (AvgIpc) is 2.06. The van der Waals surface area contributed by atoms with Crippen LogP contribution in [0.2, 0.25) is 0 Å². The second kappa shape index (κ2) is 4.86. The first-order valence-corrected chi connectivity index (χ1v) is 6.91. The van der Waals surface area contributed by atoms with E-state index < -0.39 is 0 Å². The Labute approximate surface area is 95.2 Å². The summed E-state index contributed by atoms with van der Waals surface area (Å²) in [5.41, 5.74) is 0. The van der Waals surface area contributed by atoms with Gasteiger partial charge in [0.25, 0.3) is 0 Å². The molecule has 1 aliphatic carbocycles. The van der Waals surface area contributed by atoms with E-state index in [1.54, 1.807) is 0 Å². The van der Waals surface area contributed by atoms with Crippen LogP contribution < -0.4 is 0 Å². The van der Waals surface area contributed by atoms with Gasteiger partial charge in [-0.15, -0.1) is 0 Å². The molecule has 1 saturated carbocycles. The number of nitrogens with zero attached hydrogens (tertiary/aromatic N) is 1. The monoisotopic (exact) mass is 209 g/mol. The van der Waals surface area contributed by atoms with Gasteiger partial charge in [0, 0.05) is 12.6 Å². The van der Waals surface area contributed by atoms with Gasteiger partial charge in [-0.25, -0.2) is 0 Å². The van der Waals surface area contributed by atoms with E-state index in [4.69, 9.17) is 0 Å². The number of rotatable bonds is 3. The molecule has 0 radical (unpaired) electrons. The molecule has 1 saturated heterocycles. The minimum Gasteiger partial charge on any atom is -0.300 e. The fourth-order valence-electron chi connectivity index (χ4n) is 3.27. The van der Waals surface area contributed by atoms with Gasteiger partial charge in [0.05, 0.1) is 0 Å². The largest absolute Gasteiger partial charge is 0.300 e. The molecule has 1 heteroatoms. The van der Waals surface area contributed by atoms with Crippen molar-refractivity contribution in [1.82, 2.24) is 4.90 Å². The third-order valence-electron chi connectivity index (χ3n) is 4.48. The molecule has 1 heterocycles. The van der Waals surface area contributed by atoms with E-state index in [0.29, 0.717) is 0 Å². The van der Waals surface area contributed by atoms with E-state index in [2.05, 4.69) is 25.7 Å². The van der Waals surface area contributed by atoms with Gasteiger partial charge in [-0.2, -0.15) is 0 Å². The van der Waals surface area contributed by atoms with E-state index >= 15 is 0 Å². The Kier molecular flexibility index (Phi) is 3.71. The second-order valence-corrected chi connectivity index (χ2v) is 6.24. The zero-order valence-corrected chi connectivity index (χ0v) is 10.7. The highest BCUT2D eigenvalue weighted by Gasteiger charge is 2.32. The van der Waals surface area contributed by atoms with E-state index in [1.165, 1.54) is 45.2 Å².